The summed E-state index contributed by atoms with van der Waals surface area (Å²) in [5, 5.41) is 0.753. The highest BCUT2D eigenvalue weighted by molar-refractivity contribution is 9.10. The quantitative estimate of drug-likeness (QED) is 0.742. The number of rotatable bonds is 2. The lowest BCUT2D eigenvalue weighted by atomic mass is 9.94. The van der Waals surface area contributed by atoms with E-state index >= 15 is 0 Å². The van der Waals surface area contributed by atoms with Crippen LogP contribution in [0.4, 0.5) is 0 Å². The van der Waals surface area contributed by atoms with Crippen LogP contribution in [-0.4, -0.2) is 16.8 Å². The van der Waals surface area contributed by atoms with Gasteiger partial charge in [0.25, 0.3) is 0 Å². The van der Waals surface area contributed by atoms with E-state index in [1.54, 1.807) is 0 Å². The van der Waals surface area contributed by atoms with Gasteiger partial charge in [-0.15, -0.1) is 0 Å². The lowest BCUT2D eigenvalue weighted by molar-refractivity contribution is 0.0920. The molecule has 3 atom stereocenters. The maximum absolute atomic E-state index is 12.5. The van der Waals surface area contributed by atoms with E-state index in [0.29, 0.717) is 5.78 Å². The van der Waals surface area contributed by atoms with Crippen LogP contribution >= 0.6 is 27.7 Å². The normalized spacial score (nSPS) is 31.1. The van der Waals surface area contributed by atoms with Crippen LogP contribution in [0.15, 0.2) is 28.7 Å². The molecule has 1 saturated carbocycles. The van der Waals surface area contributed by atoms with E-state index in [2.05, 4.69) is 27.7 Å². The van der Waals surface area contributed by atoms with Crippen molar-refractivity contribution < 1.29 is 4.79 Å². The number of thioether (sulfide) groups is 1. The molecule has 2 fully saturated rings. The minimum Gasteiger partial charge on any atom is -0.294 e. The van der Waals surface area contributed by atoms with Crippen molar-refractivity contribution in [2.24, 2.45) is 11.8 Å². The average molecular weight is 325 g/mol. The molecular formula is C15H17BrOS. The molecule has 1 saturated heterocycles. The van der Waals surface area contributed by atoms with Gasteiger partial charge in [0, 0.05) is 21.2 Å². The van der Waals surface area contributed by atoms with Gasteiger partial charge in [0.05, 0.1) is 0 Å². The molecule has 3 rings (SSSR count). The second-order valence-electron chi connectivity index (χ2n) is 5.35. The Labute approximate surface area is 121 Å². The Kier molecular flexibility index (Phi) is 3.81. The molecule has 1 nitrogen and oxygen atoms in total. The largest absolute Gasteiger partial charge is 0.294 e. The van der Waals surface area contributed by atoms with Crippen molar-refractivity contribution in [1.29, 1.82) is 0 Å². The Morgan fingerprint density at radius 3 is 2.72 bits per heavy atom. The van der Waals surface area contributed by atoms with Crippen molar-refractivity contribution in [3.63, 3.8) is 0 Å². The van der Waals surface area contributed by atoms with Crippen LogP contribution in [0.5, 0.6) is 0 Å². The fourth-order valence-electron chi connectivity index (χ4n) is 3.24. The van der Waals surface area contributed by atoms with Crippen molar-refractivity contribution >= 4 is 33.5 Å². The van der Waals surface area contributed by atoms with Gasteiger partial charge in [0.15, 0.2) is 5.78 Å². The lowest BCUT2D eigenvalue weighted by Crippen LogP contribution is -2.15. The molecule has 3 unspecified atom stereocenters. The number of hydrogen-bond donors (Lipinski definition) is 0. The Balaban J connectivity index is 1.72. The molecule has 96 valence electrons. The second kappa shape index (κ2) is 5.38. The van der Waals surface area contributed by atoms with E-state index in [9.17, 15) is 4.79 Å². The minimum atomic E-state index is 0.270. The van der Waals surface area contributed by atoms with Gasteiger partial charge in [-0.2, -0.15) is 11.8 Å². The fraction of sp³-hybridized carbons (Fsp3) is 0.533. The van der Waals surface area contributed by atoms with Crippen LogP contribution in [-0.2, 0) is 0 Å². The predicted octanol–water partition coefficient (Wildman–Crippen LogP) is 4.55. The summed E-state index contributed by atoms with van der Waals surface area (Å²) >= 11 is 5.51. The van der Waals surface area contributed by atoms with Crippen LogP contribution in [0.3, 0.4) is 0 Å². The first-order chi connectivity index (χ1) is 8.74. The first-order valence-electron chi connectivity index (χ1n) is 6.65. The summed E-state index contributed by atoms with van der Waals surface area (Å²) in [6.07, 6.45) is 4.89. The molecule has 1 heterocycles. The van der Waals surface area contributed by atoms with Gasteiger partial charge >= 0.3 is 0 Å². The Hall–Kier alpha value is -0.280. The summed E-state index contributed by atoms with van der Waals surface area (Å²) in [6.45, 7) is 0. The van der Waals surface area contributed by atoms with Crippen molar-refractivity contribution in [1.82, 2.24) is 0 Å². The number of carbonyl (C=O) groups excluding carboxylic acids is 1. The first kappa shape index (κ1) is 12.7. The van der Waals surface area contributed by atoms with Gasteiger partial charge in [-0.1, -0.05) is 28.1 Å². The minimum absolute atomic E-state index is 0.270. The summed E-state index contributed by atoms with van der Waals surface area (Å²) in [5.41, 5.74) is 0.881. The van der Waals surface area contributed by atoms with Gasteiger partial charge in [-0.05, 0) is 49.5 Å². The third-order valence-corrected chi connectivity index (χ3v) is 6.24. The molecule has 0 radical (unpaired) electrons. The number of Topliss-reactive ketones (excluding diaryl/α,β-unsaturated/α-hetero) is 1. The Morgan fingerprint density at radius 1 is 1.22 bits per heavy atom. The van der Waals surface area contributed by atoms with Crippen molar-refractivity contribution in [3.8, 4) is 0 Å². The summed E-state index contributed by atoms with van der Waals surface area (Å²) in [7, 11) is 0. The van der Waals surface area contributed by atoms with E-state index in [1.807, 2.05) is 24.3 Å². The summed E-state index contributed by atoms with van der Waals surface area (Å²) in [5.74, 6) is 2.72. The molecule has 1 aromatic rings. The molecule has 0 bridgehead atoms. The molecular weight excluding hydrogens is 308 g/mol. The number of carbonyl (C=O) groups is 1. The standard InChI is InChI=1S/C15H17BrOS/c16-13-5-3-10(4-6-13)15(17)12-8-11-2-1-7-18-14(11)9-12/h3-6,11-12,14H,1-2,7-9H2. The summed E-state index contributed by atoms with van der Waals surface area (Å²) in [6, 6.07) is 7.82. The zero-order chi connectivity index (χ0) is 12.5. The number of fused-ring (bicyclic) bond motifs is 1. The number of ketones is 1. The van der Waals surface area contributed by atoms with E-state index < -0.39 is 0 Å². The molecule has 1 aromatic carbocycles. The fourth-order valence-corrected chi connectivity index (χ4v) is 5.03. The topological polar surface area (TPSA) is 17.1 Å². The van der Waals surface area contributed by atoms with Crippen molar-refractivity contribution in [2.75, 3.05) is 5.75 Å². The van der Waals surface area contributed by atoms with Crippen LogP contribution in [0, 0.1) is 11.8 Å². The van der Waals surface area contributed by atoms with Crippen molar-refractivity contribution in [2.45, 2.75) is 30.9 Å². The highest BCUT2D eigenvalue weighted by Gasteiger charge is 2.39. The van der Waals surface area contributed by atoms with Gasteiger partial charge in [-0.3, -0.25) is 4.79 Å². The highest BCUT2D eigenvalue weighted by atomic mass is 79.9. The SMILES string of the molecule is O=C(c1ccc(Br)cc1)C1CC2CCCSC2C1. The molecule has 0 N–H and O–H groups in total. The van der Waals surface area contributed by atoms with Crippen LogP contribution in [0.1, 0.15) is 36.0 Å². The van der Waals surface area contributed by atoms with Crippen LogP contribution in [0.2, 0.25) is 0 Å². The molecule has 18 heavy (non-hydrogen) atoms. The van der Waals surface area contributed by atoms with E-state index in [1.165, 1.54) is 18.6 Å². The summed E-state index contributed by atoms with van der Waals surface area (Å²) in [4.78, 5) is 12.5. The van der Waals surface area contributed by atoms with Crippen LogP contribution in [0.25, 0.3) is 0 Å². The second-order valence-corrected chi connectivity index (χ2v) is 7.61. The van der Waals surface area contributed by atoms with Gasteiger partial charge < -0.3 is 0 Å². The molecule has 0 aromatic heterocycles. The molecule has 1 aliphatic heterocycles. The van der Waals surface area contributed by atoms with E-state index in [-0.39, 0.29) is 5.92 Å². The Bertz CT molecular complexity index is 428. The van der Waals surface area contributed by atoms with Crippen LogP contribution < -0.4 is 0 Å². The monoisotopic (exact) mass is 324 g/mol. The zero-order valence-corrected chi connectivity index (χ0v) is 12.7. The molecule has 1 aliphatic carbocycles. The molecule has 2 aliphatic rings. The molecule has 0 amide bonds. The van der Waals surface area contributed by atoms with Gasteiger partial charge in [0.1, 0.15) is 0 Å². The molecule has 3 heteroatoms. The number of hydrogen-bond acceptors (Lipinski definition) is 2. The maximum Gasteiger partial charge on any atom is 0.165 e. The first-order valence-corrected chi connectivity index (χ1v) is 8.49. The van der Waals surface area contributed by atoms with Gasteiger partial charge in [-0.25, -0.2) is 0 Å². The smallest absolute Gasteiger partial charge is 0.165 e. The molecule has 0 spiro atoms. The van der Waals surface area contributed by atoms with E-state index in [0.717, 1.165) is 34.0 Å². The highest BCUT2D eigenvalue weighted by Crippen LogP contribution is 2.45. The third kappa shape index (κ3) is 2.53. The predicted molar refractivity (Wildman–Crippen MR) is 80.2 cm³/mol. The zero-order valence-electron chi connectivity index (χ0n) is 10.3. The van der Waals surface area contributed by atoms with Gasteiger partial charge in [0.2, 0.25) is 0 Å². The maximum atomic E-state index is 12.5. The third-order valence-electron chi connectivity index (χ3n) is 4.18. The average Bonchev–Trinajstić information content (AvgIpc) is 2.82. The van der Waals surface area contributed by atoms with E-state index in [4.69, 9.17) is 0 Å². The summed E-state index contributed by atoms with van der Waals surface area (Å²) < 4.78 is 1.04. The Morgan fingerprint density at radius 2 is 2.00 bits per heavy atom. The number of halogens is 1. The lowest BCUT2D eigenvalue weighted by Gasteiger charge is -2.23. The number of benzene rings is 1. The van der Waals surface area contributed by atoms with Crippen molar-refractivity contribution in [3.05, 3.63) is 34.3 Å².